The summed E-state index contributed by atoms with van der Waals surface area (Å²) in [6.07, 6.45) is 0. The van der Waals surface area contributed by atoms with Crippen LogP contribution < -0.4 is 9.54 Å². The average Bonchev–Trinajstić information content (AvgIpc) is 3.30. The van der Waals surface area contributed by atoms with Crippen LogP contribution in [0.2, 0.25) is 0 Å². The van der Waals surface area contributed by atoms with Crippen LogP contribution in [0.15, 0.2) is 69.4 Å². The first-order valence-corrected chi connectivity index (χ1v) is 9.93. The fourth-order valence-electron chi connectivity index (χ4n) is 2.35. The van der Waals surface area contributed by atoms with Crippen molar-refractivity contribution in [1.82, 2.24) is 4.68 Å². The van der Waals surface area contributed by atoms with Crippen LogP contribution in [0.4, 0.5) is 0 Å². The standard InChI is InChI=1S/C20H21N3OS2/c1-14(2)12-21-20-23(22-15(3)19-6-5-11-25-19)18(13-26-20)16-7-9-17(24-4)10-8-16/h5-11,13H,1,12H2,2-4H3. The van der Waals surface area contributed by atoms with Crippen molar-refractivity contribution in [3.05, 3.63) is 69.0 Å². The van der Waals surface area contributed by atoms with E-state index in [4.69, 9.17) is 9.84 Å². The minimum Gasteiger partial charge on any atom is -0.497 e. The normalized spacial score (nSPS) is 12.4. The lowest BCUT2D eigenvalue weighted by Gasteiger charge is -2.06. The summed E-state index contributed by atoms with van der Waals surface area (Å²) in [5.74, 6) is 0.834. The van der Waals surface area contributed by atoms with E-state index in [1.54, 1.807) is 29.8 Å². The summed E-state index contributed by atoms with van der Waals surface area (Å²) in [5, 5.41) is 9.00. The number of hydrogen-bond acceptors (Lipinski definition) is 5. The molecule has 0 aliphatic carbocycles. The molecule has 4 nitrogen and oxygen atoms in total. The third-order valence-corrected chi connectivity index (χ3v) is 5.52. The molecule has 0 aliphatic rings. The van der Waals surface area contributed by atoms with Gasteiger partial charge in [-0.1, -0.05) is 18.2 Å². The quantitative estimate of drug-likeness (QED) is 0.434. The second-order valence-electron chi connectivity index (χ2n) is 5.88. The van der Waals surface area contributed by atoms with Crippen molar-refractivity contribution in [2.45, 2.75) is 13.8 Å². The van der Waals surface area contributed by atoms with Gasteiger partial charge in [-0.2, -0.15) is 5.10 Å². The van der Waals surface area contributed by atoms with Crippen LogP contribution in [0.25, 0.3) is 11.3 Å². The Morgan fingerprint density at radius 1 is 1.15 bits per heavy atom. The molecule has 0 radical (unpaired) electrons. The van der Waals surface area contributed by atoms with E-state index >= 15 is 0 Å². The second-order valence-corrected chi connectivity index (χ2v) is 7.66. The van der Waals surface area contributed by atoms with Crippen molar-refractivity contribution in [1.29, 1.82) is 0 Å². The Hall–Kier alpha value is -2.44. The number of nitrogens with zero attached hydrogens (tertiary/aromatic N) is 3. The van der Waals surface area contributed by atoms with Crippen LogP contribution in [0.1, 0.15) is 18.7 Å². The molecule has 2 aromatic heterocycles. The molecule has 26 heavy (non-hydrogen) atoms. The van der Waals surface area contributed by atoms with Gasteiger partial charge < -0.3 is 4.74 Å². The Morgan fingerprint density at radius 3 is 2.54 bits per heavy atom. The topological polar surface area (TPSA) is 38.9 Å². The first-order valence-electron chi connectivity index (χ1n) is 8.18. The maximum absolute atomic E-state index is 5.26. The molecule has 0 bridgehead atoms. The van der Waals surface area contributed by atoms with E-state index in [1.165, 1.54) is 0 Å². The molecule has 2 heterocycles. The number of benzene rings is 1. The summed E-state index contributed by atoms with van der Waals surface area (Å²) in [5.41, 5.74) is 4.07. The Labute approximate surface area is 161 Å². The minimum absolute atomic E-state index is 0.593. The fraction of sp³-hybridized carbons (Fsp3) is 0.200. The molecule has 0 fully saturated rings. The van der Waals surface area contributed by atoms with Crippen LogP contribution in [-0.2, 0) is 0 Å². The van der Waals surface area contributed by atoms with E-state index in [2.05, 4.69) is 28.4 Å². The molecule has 0 aliphatic heterocycles. The summed E-state index contributed by atoms with van der Waals surface area (Å²) in [6, 6.07) is 12.1. The molecule has 134 valence electrons. The lowest BCUT2D eigenvalue weighted by Crippen LogP contribution is -2.14. The van der Waals surface area contributed by atoms with Gasteiger partial charge >= 0.3 is 0 Å². The summed E-state index contributed by atoms with van der Waals surface area (Å²) in [6.45, 7) is 8.54. The maximum Gasteiger partial charge on any atom is 0.206 e. The van der Waals surface area contributed by atoms with Gasteiger partial charge in [0.25, 0.3) is 0 Å². The smallest absolute Gasteiger partial charge is 0.206 e. The van der Waals surface area contributed by atoms with Gasteiger partial charge in [0.1, 0.15) is 5.75 Å². The van der Waals surface area contributed by atoms with Crippen molar-refractivity contribution in [2.75, 3.05) is 13.7 Å². The number of ether oxygens (including phenoxy) is 1. The highest BCUT2D eigenvalue weighted by Crippen LogP contribution is 2.23. The molecule has 3 aromatic rings. The third-order valence-electron chi connectivity index (χ3n) is 3.68. The highest BCUT2D eigenvalue weighted by Gasteiger charge is 2.09. The molecule has 0 unspecified atom stereocenters. The molecule has 0 amide bonds. The van der Waals surface area contributed by atoms with Gasteiger partial charge in [-0.25, -0.2) is 4.68 Å². The van der Waals surface area contributed by atoms with E-state index in [9.17, 15) is 0 Å². The van der Waals surface area contributed by atoms with Crippen LogP contribution >= 0.6 is 22.7 Å². The number of thiazole rings is 1. The number of methoxy groups -OCH3 is 1. The zero-order valence-electron chi connectivity index (χ0n) is 15.1. The molecule has 0 saturated heterocycles. The van der Waals surface area contributed by atoms with E-state index in [-0.39, 0.29) is 0 Å². The molecular formula is C20H21N3OS2. The van der Waals surface area contributed by atoms with Gasteiger partial charge in [0.05, 0.1) is 29.9 Å². The third kappa shape index (κ3) is 4.20. The van der Waals surface area contributed by atoms with E-state index < -0.39 is 0 Å². The van der Waals surface area contributed by atoms with Gasteiger partial charge in [-0.05, 0) is 49.6 Å². The summed E-state index contributed by atoms with van der Waals surface area (Å²) >= 11 is 3.26. The predicted octanol–water partition coefficient (Wildman–Crippen LogP) is 5.04. The highest BCUT2D eigenvalue weighted by molar-refractivity contribution is 7.12. The van der Waals surface area contributed by atoms with E-state index in [0.717, 1.165) is 38.0 Å². The summed E-state index contributed by atoms with van der Waals surface area (Å²) in [4.78, 5) is 6.68. The van der Waals surface area contributed by atoms with E-state index in [0.29, 0.717) is 6.54 Å². The van der Waals surface area contributed by atoms with Gasteiger partial charge in [0.2, 0.25) is 4.80 Å². The largest absolute Gasteiger partial charge is 0.497 e. The van der Waals surface area contributed by atoms with Crippen LogP contribution in [-0.4, -0.2) is 24.0 Å². The maximum atomic E-state index is 5.26. The van der Waals surface area contributed by atoms with Crippen LogP contribution in [0, 0.1) is 0 Å². The van der Waals surface area contributed by atoms with Gasteiger partial charge in [-0.3, -0.25) is 4.99 Å². The SMILES string of the molecule is C=C(C)CN=c1scc(-c2ccc(OC)cc2)n1N=C(C)c1cccs1. The van der Waals surface area contributed by atoms with Crippen molar-refractivity contribution < 1.29 is 4.74 Å². The van der Waals surface area contributed by atoms with Gasteiger partial charge in [0, 0.05) is 10.9 Å². The fourth-order valence-corrected chi connectivity index (χ4v) is 3.85. The van der Waals surface area contributed by atoms with Gasteiger partial charge in [-0.15, -0.1) is 22.7 Å². The first-order chi connectivity index (χ1) is 12.6. The zero-order chi connectivity index (χ0) is 18.5. The first kappa shape index (κ1) is 18.4. The Bertz CT molecular complexity index is 977. The van der Waals surface area contributed by atoms with E-state index in [1.807, 2.05) is 48.9 Å². The molecule has 1 aromatic carbocycles. The predicted molar refractivity (Wildman–Crippen MR) is 111 cm³/mol. The van der Waals surface area contributed by atoms with Crippen LogP contribution in [0.3, 0.4) is 0 Å². The van der Waals surface area contributed by atoms with Crippen molar-refractivity contribution >= 4 is 28.4 Å². The lowest BCUT2D eigenvalue weighted by molar-refractivity contribution is 0.415. The van der Waals surface area contributed by atoms with Gasteiger partial charge in [0.15, 0.2) is 0 Å². The summed E-state index contributed by atoms with van der Waals surface area (Å²) in [7, 11) is 1.67. The number of hydrogen-bond donors (Lipinski definition) is 0. The molecule has 6 heteroatoms. The van der Waals surface area contributed by atoms with Crippen molar-refractivity contribution in [3.63, 3.8) is 0 Å². The molecule has 0 atom stereocenters. The molecule has 0 N–H and O–H groups in total. The molecule has 0 saturated carbocycles. The van der Waals surface area contributed by atoms with Crippen molar-refractivity contribution in [2.24, 2.45) is 10.1 Å². The van der Waals surface area contributed by atoms with Crippen molar-refractivity contribution in [3.8, 4) is 17.0 Å². The average molecular weight is 384 g/mol. The monoisotopic (exact) mass is 383 g/mol. The highest BCUT2D eigenvalue weighted by atomic mass is 32.1. The molecular weight excluding hydrogens is 362 g/mol. The zero-order valence-corrected chi connectivity index (χ0v) is 16.7. The number of rotatable bonds is 6. The summed E-state index contributed by atoms with van der Waals surface area (Å²) < 4.78 is 7.18. The molecule has 3 rings (SSSR count). The van der Waals surface area contributed by atoms with Crippen LogP contribution in [0.5, 0.6) is 5.75 Å². The second kappa shape index (κ2) is 8.29. The Kier molecular flexibility index (Phi) is 5.85. The Morgan fingerprint density at radius 2 is 1.92 bits per heavy atom. The minimum atomic E-state index is 0.593. The molecule has 0 spiro atoms. The lowest BCUT2D eigenvalue weighted by atomic mass is 10.2. The number of aromatic nitrogens is 1. The number of thiophene rings is 1. The Balaban J connectivity index is 2.11.